The fraction of sp³-hybridized carbons (Fsp3) is 0.150. The Kier molecular flexibility index (Phi) is 6.54. The van der Waals surface area contributed by atoms with Gasteiger partial charge >= 0.3 is 6.18 Å². The van der Waals surface area contributed by atoms with E-state index < -0.39 is 21.8 Å². The topological polar surface area (TPSA) is 90.1 Å². The Balaban J connectivity index is 1.57. The first kappa shape index (κ1) is 22.2. The molecule has 2 aromatic carbocycles. The fourth-order valence-corrected chi connectivity index (χ4v) is 3.22. The maximum atomic E-state index is 12.7. The molecule has 0 saturated carbocycles. The maximum absolute atomic E-state index is 12.7. The summed E-state index contributed by atoms with van der Waals surface area (Å²) in [6.45, 7) is -0.118. The van der Waals surface area contributed by atoms with Gasteiger partial charge in [0.15, 0.2) is 0 Å². The first-order valence-corrected chi connectivity index (χ1v) is 10.2. The fourth-order valence-electron chi connectivity index (χ4n) is 2.43. The van der Waals surface area contributed by atoms with Crippen LogP contribution in [0.4, 0.5) is 13.2 Å². The molecule has 3 aromatic rings. The molecule has 0 spiro atoms. The molecule has 0 bridgehead atoms. The highest BCUT2D eigenvalue weighted by Crippen LogP contribution is 2.31. The van der Waals surface area contributed by atoms with Crippen LogP contribution in [0.25, 0.3) is 0 Å². The lowest BCUT2D eigenvalue weighted by molar-refractivity contribution is -0.137. The molecule has 0 fully saturated rings. The summed E-state index contributed by atoms with van der Waals surface area (Å²) in [5.41, 5.74) is -0.818. The van der Waals surface area contributed by atoms with Crippen LogP contribution >= 0.6 is 0 Å². The van der Waals surface area contributed by atoms with E-state index in [9.17, 15) is 21.6 Å². The van der Waals surface area contributed by atoms with Crippen LogP contribution in [0.1, 0.15) is 17.1 Å². The third-order valence-electron chi connectivity index (χ3n) is 3.96. The molecule has 1 N–H and O–H groups in total. The van der Waals surface area contributed by atoms with Crippen LogP contribution in [0.15, 0.2) is 75.1 Å². The van der Waals surface area contributed by atoms with Gasteiger partial charge in [-0.3, -0.25) is 0 Å². The summed E-state index contributed by atoms with van der Waals surface area (Å²) in [6, 6.07) is 13.3. The monoisotopic (exact) mass is 454 g/mol. The molecule has 7 nitrogen and oxygen atoms in total. The third kappa shape index (κ3) is 6.01. The zero-order chi connectivity index (χ0) is 22.5. The second kappa shape index (κ2) is 9.13. The van der Waals surface area contributed by atoms with Crippen LogP contribution in [-0.2, 0) is 22.8 Å². The molecular weight excluding hydrogens is 437 g/mol. The molecule has 0 aliphatic heterocycles. The van der Waals surface area contributed by atoms with E-state index in [-0.39, 0.29) is 23.0 Å². The largest absolute Gasteiger partial charge is 0.497 e. The Hall–Kier alpha value is -3.47. The van der Waals surface area contributed by atoms with Crippen molar-refractivity contribution in [1.82, 2.24) is 4.83 Å². The number of hydrogen-bond donors (Lipinski definition) is 1. The highest BCUT2D eigenvalue weighted by atomic mass is 32.2. The molecule has 0 aliphatic rings. The van der Waals surface area contributed by atoms with Gasteiger partial charge in [-0.2, -0.15) is 31.5 Å². The predicted molar refractivity (Wildman–Crippen MR) is 105 cm³/mol. The molecular formula is C20H17F3N2O5S. The van der Waals surface area contributed by atoms with Gasteiger partial charge in [-0.25, -0.2) is 0 Å². The minimum atomic E-state index is -4.47. The minimum Gasteiger partial charge on any atom is -0.497 e. The van der Waals surface area contributed by atoms with Gasteiger partial charge in [0, 0.05) is 0 Å². The first-order chi connectivity index (χ1) is 14.7. The van der Waals surface area contributed by atoms with E-state index in [2.05, 4.69) is 9.93 Å². The summed E-state index contributed by atoms with van der Waals surface area (Å²) in [4.78, 5) is 2.05. The van der Waals surface area contributed by atoms with Crippen LogP contribution in [-0.4, -0.2) is 21.7 Å². The van der Waals surface area contributed by atoms with E-state index in [1.165, 1.54) is 55.6 Å². The summed E-state index contributed by atoms with van der Waals surface area (Å²) in [6.07, 6.45) is -3.32. The van der Waals surface area contributed by atoms with Gasteiger partial charge < -0.3 is 13.9 Å². The Labute approximate surface area is 176 Å². The zero-order valence-electron chi connectivity index (χ0n) is 16.1. The smallest absolute Gasteiger partial charge is 0.416 e. The number of rotatable bonds is 8. The van der Waals surface area contributed by atoms with Crippen molar-refractivity contribution in [3.05, 3.63) is 77.7 Å². The van der Waals surface area contributed by atoms with Crippen molar-refractivity contribution in [2.24, 2.45) is 5.10 Å². The summed E-state index contributed by atoms with van der Waals surface area (Å²) >= 11 is 0. The number of nitrogens with zero attached hydrogens (tertiary/aromatic N) is 1. The molecule has 0 amide bonds. The van der Waals surface area contributed by atoms with Crippen molar-refractivity contribution in [2.75, 3.05) is 7.11 Å². The van der Waals surface area contributed by atoms with E-state index in [1.807, 2.05) is 0 Å². The molecule has 0 atom stereocenters. The quantitative estimate of drug-likeness (QED) is 0.407. The SMILES string of the molecule is COc1ccc(S(=O)(=O)N/N=C/c2ccc(COc3cccc(C(F)(F)F)c3)o2)cc1. The predicted octanol–water partition coefficient (Wildman–Crippen LogP) is 4.20. The summed E-state index contributed by atoms with van der Waals surface area (Å²) in [5.74, 6) is 1.09. The van der Waals surface area contributed by atoms with E-state index in [1.54, 1.807) is 0 Å². The van der Waals surface area contributed by atoms with E-state index in [4.69, 9.17) is 13.9 Å². The average Bonchev–Trinajstić information content (AvgIpc) is 3.19. The van der Waals surface area contributed by atoms with Gasteiger partial charge in [0.25, 0.3) is 10.0 Å². The molecule has 3 rings (SSSR count). The molecule has 0 unspecified atom stereocenters. The van der Waals surface area contributed by atoms with Crippen LogP contribution in [0.2, 0.25) is 0 Å². The molecule has 1 aromatic heterocycles. The Bertz CT molecular complexity index is 1160. The number of halogens is 3. The normalized spacial score (nSPS) is 12.1. The number of methoxy groups -OCH3 is 1. The van der Waals surface area contributed by atoms with Crippen LogP contribution < -0.4 is 14.3 Å². The lowest BCUT2D eigenvalue weighted by Crippen LogP contribution is -2.18. The molecule has 11 heteroatoms. The van der Waals surface area contributed by atoms with Crippen molar-refractivity contribution in [2.45, 2.75) is 17.7 Å². The molecule has 164 valence electrons. The number of sulfonamides is 1. The number of hydrazone groups is 1. The van der Waals surface area contributed by atoms with Gasteiger partial charge in [-0.05, 0) is 54.6 Å². The number of ether oxygens (including phenoxy) is 2. The highest BCUT2D eigenvalue weighted by Gasteiger charge is 2.30. The van der Waals surface area contributed by atoms with Crippen molar-refractivity contribution < 1.29 is 35.5 Å². The van der Waals surface area contributed by atoms with E-state index in [0.717, 1.165) is 18.3 Å². The summed E-state index contributed by atoms with van der Waals surface area (Å²) < 4.78 is 78.3. The van der Waals surface area contributed by atoms with Gasteiger partial charge in [-0.15, -0.1) is 0 Å². The standard InChI is InChI=1S/C20H17F3N2O5S/c1-28-15-7-9-19(10-8-15)31(26,27)25-24-12-17-5-6-18(30-17)13-29-16-4-2-3-14(11-16)20(21,22)23/h2-12,25H,13H2,1H3/b24-12+. The van der Waals surface area contributed by atoms with Gasteiger partial charge in [0.1, 0.15) is 29.6 Å². The van der Waals surface area contributed by atoms with Crippen LogP contribution in [0, 0.1) is 0 Å². The summed E-state index contributed by atoms with van der Waals surface area (Å²) in [7, 11) is -2.41. The number of alkyl halides is 3. The summed E-state index contributed by atoms with van der Waals surface area (Å²) in [5, 5.41) is 3.65. The van der Waals surface area contributed by atoms with Crippen molar-refractivity contribution in [3.63, 3.8) is 0 Å². The maximum Gasteiger partial charge on any atom is 0.416 e. The van der Waals surface area contributed by atoms with Gasteiger partial charge in [0.2, 0.25) is 0 Å². The van der Waals surface area contributed by atoms with Crippen LogP contribution in [0.3, 0.4) is 0 Å². The number of benzene rings is 2. The van der Waals surface area contributed by atoms with Gasteiger partial charge in [0.05, 0.1) is 23.8 Å². The molecule has 1 heterocycles. The minimum absolute atomic E-state index is 0.0000659. The van der Waals surface area contributed by atoms with E-state index >= 15 is 0 Å². The van der Waals surface area contributed by atoms with Crippen molar-refractivity contribution in [3.8, 4) is 11.5 Å². The van der Waals surface area contributed by atoms with Gasteiger partial charge in [-0.1, -0.05) is 6.07 Å². The van der Waals surface area contributed by atoms with Crippen molar-refractivity contribution in [1.29, 1.82) is 0 Å². The van der Waals surface area contributed by atoms with Crippen LogP contribution in [0.5, 0.6) is 11.5 Å². The molecule has 0 aliphatic carbocycles. The first-order valence-electron chi connectivity index (χ1n) is 8.75. The lowest BCUT2D eigenvalue weighted by atomic mass is 10.2. The lowest BCUT2D eigenvalue weighted by Gasteiger charge is -2.09. The van der Waals surface area contributed by atoms with E-state index in [0.29, 0.717) is 11.5 Å². The van der Waals surface area contributed by atoms with Crippen molar-refractivity contribution >= 4 is 16.2 Å². The Morgan fingerprint density at radius 1 is 1.06 bits per heavy atom. The third-order valence-corrected chi connectivity index (χ3v) is 5.20. The highest BCUT2D eigenvalue weighted by molar-refractivity contribution is 7.89. The number of furan rings is 1. The Morgan fingerprint density at radius 3 is 2.48 bits per heavy atom. The number of nitrogens with one attached hydrogen (secondary N) is 1. The Morgan fingerprint density at radius 2 is 1.81 bits per heavy atom. The second-order valence-corrected chi connectivity index (χ2v) is 7.81. The molecule has 0 saturated heterocycles. The molecule has 31 heavy (non-hydrogen) atoms. The zero-order valence-corrected chi connectivity index (χ0v) is 16.9. The molecule has 0 radical (unpaired) electrons. The number of hydrogen-bond acceptors (Lipinski definition) is 6. The average molecular weight is 454 g/mol. The second-order valence-electron chi connectivity index (χ2n) is 6.15.